The standard InChI is InChI=1S/C26H25ClN4O4/c27-25-21(18-28-31(26(25)33)20-5-2-1-3-6-20)29-11-13-30(14-12-29)24(32)10-8-19-7-9-22-23(17-19)35-16-4-15-34-22/h1-3,5-10,17-18H,4,11-16H2. The fourth-order valence-corrected chi connectivity index (χ4v) is 4.37. The molecule has 180 valence electrons. The third kappa shape index (κ3) is 5.02. The lowest BCUT2D eigenvalue weighted by atomic mass is 10.2. The van der Waals surface area contributed by atoms with Gasteiger partial charge >= 0.3 is 0 Å². The highest BCUT2D eigenvalue weighted by Crippen LogP contribution is 2.31. The molecule has 0 saturated carbocycles. The maximum Gasteiger partial charge on any atom is 0.292 e. The third-order valence-electron chi connectivity index (χ3n) is 6.02. The first-order chi connectivity index (χ1) is 17.1. The van der Waals surface area contributed by atoms with E-state index in [4.69, 9.17) is 21.1 Å². The molecule has 0 aliphatic carbocycles. The molecule has 3 heterocycles. The Hall–Kier alpha value is -3.78. The molecule has 8 nitrogen and oxygen atoms in total. The summed E-state index contributed by atoms with van der Waals surface area (Å²) >= 11 is 6.43. The molecule has 0 bridgehead atoms. The highest BCUT2D eigenvalue weighted by molar-refractivity contribution is 6.33. The minimum atomic E-state index is -0.369. The van der Waals surface area contributed by atoms with Gasteiger partial charge in [-0.25, -0.2) is 0 Å². The van der Waals surface area contributed by atoms with E-state index in [1.54, 1.807) is 35.4 Å². The van der Waals surface area contributed by atoms with Gasteiger partial charge in [0.05, 0.1) is 30.8 Å². The third-order valence-corrected chi connectivity index (χ3v) is 6.38. The molecule has 2 aromatic carbocycles. The van der Waals surface area contributed by atoms with E-state index in [-0.39, 0.29) is 16.5 Å². The maximum absolute atomic E-state index is 12.8. The number of amides is 1. The average Bonchev–Trinajstić information content (AvgIpc) is 3.14. The van der Waals surface area contributed by atoms with Crippen molar-refractivity contribution in [3.05, 3.63) is 81.7 Å². The predicted octanol–water partition coefficient (Wildman–Crippen LogP) is 3.41. The first-order valence-electron chi connectivity index (χ1n) is 11.5. The van der Waals surface area contributed by atoms with Crippen LogP contribution in [0.1, 0.15) is 12.0 Å². The van der Waals surface area contributed by atoms with Crippen molar-refractivity contribution in [2.45, 2.75) is 6.42 Å². The zero-order chi connectivity index (χ0) is 24.2. The van der Waals surface area contributed by atoms with Crippen molar-refractivity contribution < 1.29 is 14.3 Å². The van der Waals surface area contributed by atoms with Crippen LogP contribution in [0.5, 0.6) is 11.5 Å². The Morgan fingerprint density at radius 2 is 1.71 bits per heavy atom. The van der Waals surface area contributed by atoms with Crippen molar-refractivity contribution in [2.24, 2.45) is 0 Å². The van der Waals surface area contributed by atoms with E-state index >= 15 is 0 Å². The van der Waals surface area contributed by atoms with Crippen LogP contribution in [-0.2, 0) is 4.79 Å². The number of rotatable bonds is 4. The van der Waals surface area contributed by atoms with Gasteiger partial charge in [-0.05, 0) is 35.9 Å². The number of aromatic nitrogens is 2. The van der Waals surface area contributed by atoms with Crippen molar-refractivity contribution in [3.8, 4) is 17.2 Å². The quantitative estimate of drug-likeness (QED) is 0.519. The van der Waals surface area contributed by atoms with Crippen LogP contribution in [0, 0.1) is 0 Å². The van der Waals surface area contributed by atoms with Gasteiger partial charge in [0.15, 0.2) is 11.5 Å². The molecule has 0 spiro atoms. The van der Waals surface area contributed by atoms with Crippen LogP contribution in [-0.4, -0.2) is 60.0 Å². The first-order valence-corrected chi connectivity index (χ1v) is 11.9. The molecule has 0 N–H and O–H groups in total. The monoisotopic (exact) mass is 492 g/mol. The van der Waals surface area contributed by atoms with Crippen molar-refractivity contribution in [1.29, 1.82) is 0 Å². The Labute approximate surface area is 207 Å². The highest BCUT2D eigenvalue weighted by atomic mass is 35.5. The molecule has 0 radical (unpaired) electrons. The molecule has 35 heavy (non-hydrogen) atoms. The summed E-state index contributed by atoms with van der Waals surface area (Å²) < 4.78 is 12.7. The molecule has 1 fully saturated rings. The van der Waals surface area contributed by atoms with Crippen LogP contribution < -0.4 is 19.9 Å². The molecule has 5 rings (SSSR count). The number of piperazine rings is 1. The zero-order valence-corrected chi connectivity index (χ0v) is 19.9. The van der Waals surface area contributed by atoms with E-state index in [9.17, 15) is 9.59 Å². The number of carbonyl (C=O) groups is 1. The van der Waals surface area contributed by atoms with E-state index in [0.29, 0.717) is 56.5 Å². The number of anilines is 1. The number of para-hydroxylation sites is 1. The van der Waals surface area contributed by atoms with Crippen molar-refractivity contribution in [1.82, 2.24) is 14.7 Å². The van der Waals surface area contributed by atoms with Crippen molar-refractivity contribution >= 4 is 29.3 Å². The van der Waals surface area contributed by atoms with Gasteiger partial charge in [-0.1, -0.05) is 35.9 Å². The first kappa shape index (κ1) is 23.0. The molecule has 9 heteroatoms. The van der Waals surface area contributed by atoms with Gasteiger partial charge in [0, 0.05) is 38.7 Å². The molecular formula is C26H25ClN4O4. The summed E-state index contributed by atoms with van der Waals surface area (Å²) in [5, 5.41) is 4.43. The number of benzene rings is 2. The van der Waals surface area contributed by atoms with E-state index < -0.39 is 0 Å². The van der Waals surface area contributed by atoms with Crippen LogP contribution in [0.2, 0.25) is 5.02 Å². The molecule has 0 atom stereocenters. The largest absolute Gasteiger partial charge is 0.490 e. The van der Waals surface area contributed by atoms with Gasteiger partial charge in [-0.3, -0.25) is 9.59 Å². The number of carbonyl (C=O) groups excluding carboxylic acids is 1. The van der Waals surface area contributed by atoms with Gasteiger partial charge in [0.1, 0.15) is 5.02 Å². The molecule has 2 aliphatic rings. The molecule has 3 aromatic rings. The van der Waals surface area contributed by atoms with Gasteiger partial charge < -0.3 is 19.3 Å². The second-order valence-electron chi connectivity index (χ2n) is 8.30. The van der Waals surface area contributed by atoms with E-state index in [1.807, 2.05) is 41.3 Å². The van der Waals surface area contributed by atoms with Gasteiger partial charge in [-0.2, -0.15) is 9.78 Å². The summed E-state index contributed by atoms with van der Waals surface area (Å²) in [5.41, 5.74) is 1.74. The van der Waals surface area contributed by atoms with Crippen LogP contribution in [0.25, 0.3) is 11.8 Å². The summed E-state index contributed by atoms with van der Waals surface area (Å²) in [6.07, 6.45) is 5.81. The summed E-state index contributed by atoms with van der Waals surface area (Å²) in [4.78, 5) is 29.3. The van der Waals surface area contributed by atoms with Crippen molar-refractivity contribution in [2.75, 3.05) is 44.3 Å². The number of hydrogen-bond donors (Lipinski definition) is 0. The average molecular weight is 493 g/mol. The summed E-state index contributed by atoms with van der Waals surface area (Å²) in [6, 6.07) is 14.8. The summed E-state index contributed by atoms with van der Waals surface area (Å²) in [7, 11) is 0. The number of halogens is 1. The minimum absolute atomic E-state index is 0.0690. The number of nitrogens with zero attached hydrogens (tertiary/aromatic N) is 4. The van der Waals surface area contributed by atoms with Gasteiger partial charge in [-0.15, -0.1) is 0 Å². The number of fused-ring (bicyclic) bond motifs is 1. The number of ether oxygens (including phenoxy) is 2. The molecule has 1 saturated heterocycles. The fraction of sp³-hybridized carbons (Fsp3) is 0.269. The molecule has 1 aromatic heterocycles. The molecule has 0 unspecified atom stereocenters. The Kier molecular flexibility index (Phi) is 6.72. The second-order valence-corrected chi connectivity index (χ2v) is 8.68. The Balaban J connectivity index is 1.22. The second kappa shape index (κ2) is 10.2. The number of hydrogen-bond acceptors (Lipinski definition) is 6. The SMILES string of the molecule is O=C(C=Cc1ccc2c(c1)OCCCO2)N1CCN(c2cnn(-c3ccccc3)c(=O)c2Cl)CC1. The van der Waals surface area contributed by atoms with Crippen LogP contribution >= 0.6 is 11.6 Å². The normalized spacial score (nSPS) is 15.8. The minimum Gasteiger partial charge on any atom is -0.490 e. The Morgan fingerprint density at radius 3 is 2.49 bits per heavy atom. The fourth-order valence-electron chi connectivity index (χ4n) is 4.12. The highest BCUT2D eigenvalue weighted by Gasteiger charge is 2.23. The Bertz CT molecular complexity index is 1300. The van der Waals surface area contributed by atoms with Crippen LogP contribution in [0.4, 0.5) is 5.69 Å². The lowest BCUT2D eigenvalue weighted by Crippen LogP contribution is -2.48. The van der Waals surface area contributed by atoms with E-state index in [1.165, 1.54) is 4.68 Å². The van der Waals surface area contributed by atoms with E-state index in [0.717, 1.165) is 17.7 Å². The van der Waals surface area contributed by atoms with Gasteiger partial charge in [0.2, 0.25) is 5.91 Å². The van der Waals surface area contributed by atoms with Crippen molar-refractivity contribution in [3.63, 3.8) is 0 Å². The smallest absolute Gasteiger partial charge is 0.292 e. The lowest BCUT2D eigenvalue weighted by molar-refractivity contribution is -0.126. The lowest BCUT2D eigenvalue weighted by Gasteiger charge is -2.35. The van der Waals surface area contributed by atoms with E-state index in [2.05, 4.69) is 5.10 Å². The molecule has 1 amide bonds. The molecule has 2 aliphatic heterocycles. The van der Waals surface area contributed by atoms with Gasteiger partial charge in [0.25, 0.3) is 5.56 Å². The Morgan fingerprint density at radius 1 is 0.971 bits per heavy atom. The van der Waals surface area contributed by atoms with Crippen LogP contribution in [0.3, 0.4) is 0 Å². The summed E-state index contributed by atoms with van der Waals surface area (Å²) in [5.74, 6) is 1.36. The maximum atomic E-state index is 12.8. The topological polar surface area (TPSA) is 76.9 Å². The predicted molar refractivity (Wildman–Crippen MR) is 135 cm³/mol. The van der Waals surface area contributed by atoms with Crippen LogP contribution in [0.15, 0.2) is 65.6 Å². The molecular weight excluding hydrogens is 468 g/mol. The summed E-state index contributed by atoms with van der Waals surface area (Å²) in [6.45, 7) is 3.40. The zero-order valence-electron chi connectivity index (χ0n) is 19.1.